The van der Waals surface area contributed by atoms with Crippen LogP contribution in [0.2, 0.25) is 5.02 Å². The van der Waals surface area contributed by atoms with Crippen LogP contribution in [0.15, 0.2) is 48.9 Å². The fourth-order valence-electron chi connectivity index (χ4n) is 4.79. The van der Waals surface area contributed by atoms with Crippen LogP contribution in [0.4, 0.5) is 23.1 Å². The van der Waals surface area contributed by atoms with E-state index in [1.165, 1.54) is 24.2 Å². The Morgan fingerprint density at radius 2 is 1.79 bits per heavy atom. The topological polar surface area (TPSA) is 122 Å². The summed E-state index contributed by atoms with van der Waals surface area (Å²) < 4.78 is 30.1. The Bertz CT molecular complexity index is 1610. The Morgan fingerprint density at radius 1 is 1.05 bits per heavy atom. The molecule has 10 nitrogen and oxygen atoms in total. The van der Waals surface area contributed by atoms with Gasteiger partial charge >= 0.3 is 0 Å². The monoisotopic (exact) mass is 567 g/mol. The number of aromatic nitrogens is 4. The van der Waals surface area contributed by atoms with Crippen molar-refractivity contribution in [1.29, 1.82) is 0 Å². The van der Waals surface area contributed by atoms with Gasteiger partial charge in [-0.05, 0) is 68.7 Å². The maximum Gasteiger partial charge on any atom is 0.229 e. The van der Waals surface area contributed by atoms with Gasteiger partial charge in [0.25, 0.3) is 0 Å². The molecule has 0 radical (unpaired) electrons. The van der Waals surface area contributed by atoms with Crippen LogP contribution >= 0.6 is 11.6 Å². The highest BCUT2D eigenvalue weighted by Gasteiger charge is 2.20. The van der Waals surface area contributed by atoms with Gasteiger partial charge < -0.3 is 20.3 Å². The molecule has 3 heterocycles. The molecule has 1 saturated heterocycles. The van der Waals surface area contributed by atoms with Crippen LogP contribution in [-0.2, 0) is 15.6 Å². The maximum atomic E-state index is 12.2. The zero-order chi connectivity index (χ0) is 27.6. The normalized spacial score (nSPS) is 14.9. The number of piperidine rings is 1. The van der Waals surface area contributed by atoms with Crippen molar-refractivity contribution in [1.82, 2.24) is 24.8 Å². The predicted molar refractivity (Wildman–Crippen MR) is 154 cm³/mol. The molecule has 12 heteroatoms. The first kappa shape index (κ1) is 27.0. The van der Waals surface area contributed by atoms with Gasteiger partial charge in [0.2, 0.25) is 5.95 Å². The van der Waals surface area contributed by atoms with Gasteiger partial charge in [-0.1, -0.05) is 17.7 Å². The van der Waals surface area contributed by atoms with E-state index >= 15 is 0 Å². The second-order valence-corrected chi connectivity index (χ2v) is 12.3. The van der Waals surface area contributed by atoms with Gasteiger partial charge in [0.15, 0.2) is 15.7 Å². The summed E-state index contributed by atoms with van der Waals surface area (Å²) >= 11 is 6.44. The van der Waals surface area contributed by atoms with Gasteiger partial charge in [-0.2, -0.15) is 4.98 Å². The molecule has 204 valence electrons. The molecule has 0 saturated carbocycles. The number of rotatable bonds is 8. The molecule has 0 bridgehead atoms. The minimum absolute atomic E-state index is 0.222. The Labute approximate surface area is 232 Å². The van der Waals surface area contributed by atoms with Crippen LogP contribution in [0.1, 0.15) is 29.9 Å². The third kappa shape index (κ3) is 6.38. The smallest absolute Gasteiger partial charge is 0.229 e. The van der Waals surface area contributed by atoms with Crippen molar-refractivity contribution >= 4 is 55.6 Å². The van der Waals surface area contributed by atoms with Gasteiger partial charge in [-0.3, -0.25) is 9.97 Å². The van der Waals surface area contributed by atoms with E-state index in [9.17, 15) is 8.42 Å². The van der Waals surface area contributed by atoms with Crippen molar-refractivity contribution in [3.05, 3.63) is 65.1 Å². The highest BCUT2D eigenvalue weighted by molar-refractivity contribution is 7.89. The molecule has 39 heavy (non-hydrogen) atoms. The summed E-state index contributed by atoms with van der Waals surface area (Å²) in [7, 11) is 0.425. The van der Waals surface area contributed by atoms with E-state index in [-0.39, 0.29) is 10.8 Å². The van der Waals surface area contributed by atoms with Crippen molar-refractivity contribution in [2.75, 3.05) is 44.1 Å². The number of nitrogens with zero attached hydrogens (tertiary/aromatic N) is 5. The average molecular weight is 568 g/mol. The third-order valence-corrected chi connectivity index (χ3v) is 7.90. The van der Waals surface area contributed by atoms with Crippen molar-refractivity contribution < 1.29 is 13.2 Å². The molecule has 0 atom stereocenters. The maximum absolute atomic E-state index is 12.2. The molecule has 2 aromatic carbocycles. The van der Waals surface area contributed by atoms with Gasteiger partial charge in [-0.15, -0.1) is 0 Å². The Balaban J connectivity index is 1.42. The molecular weight excluding hydrogens is 538 g/mol. The second-order valence-electron chi connectivity index (χ2n) is 9.76. The molecule has 5 rings (SSSR count). The fourth-order valence-corrected chi connectivity index (χ4v) is 5.74. The zero-order valence-corrected chi connectivity index (χ0v) is 23.6. The summed E-state index contributed by atoms with van der Waals surface area (Å²) in [5, 5.41) is 6.67. The molecule has 2 N–H and O–H groups in total. The van der Waals surface area contributed by atoms with E-state index in [1.54, 1.807) is 25.4 Å². The number of likely N-dealkylation sites (tertiary alicyclic amines) is 1. The van der Waals surface area contributed by atoms with E-state index in [1.807, 2.05) is 6.07 Å². The minimum Gasteiger partial charge on any atom is -0.495 e. The highest BCUT2D eigenvalue weighted by atomic mass is 35.5. The largest absolute Gasteiger partial charge is 0.495 e. The number of methoxy groups -OCH3 is 1. The van der Waals surface area contributed by atoms with E-state index in [0.717, 1.165) is 31.6 Å². The zero-order valence-electron chi connectivity index (χ0n) is 22.0. The molecule has 1 fully saturated rings. The summed E-state index contributed by atoms with van der Waals surface area (Å²) in [5.41, 5.74) is 4.06. The lowest BCUT2D eigenvalue weighted by atomic mass is 9.89. The Hall–Kier alpha value is -3.54. The standard InChI is InChI=1S/C27H30ClN7O3S/c1-35-12-8-17(9-13-35)18-4-5-22(24(14-18)38-2)33-27-31-15-20(28)26(34-27)32-21-6-7-23-25(30-11-10-29-23)19(21)16-39(3,36)37/h4-7,10-11,14-15,17H,8-9,12-13,16H2,1-3H3,(H2,31,32,33,34). The van der Waals surface area contributed by atoms with E-state index in [4.69, 9.17) is 16.3 Å². The number of ether oxygens (including phenoxy) is 1. The first-order chi connectivity index (χ1) is 18.7. The molecule has 0 amide bonds. The summed E-state index contributed by atoms with van der Waals surface area (Å²) in [6.45, 7) is 2.16. The van der Waals surface area contributed by atoms with Crippen molar-refractivity contribution in [2.45, 2.75) is 24.5 Å². The summed E-state index contributed by atoms with van der Waals surface area (Å²) in [5.74, 6) is 1.59. The first-order valence-corrected chi connectivity index (χ1v) is 15.0. The molecule has 0 aliphatic carbocycles. The van der Waals surface area contributed by atoms with Crippen LogP contribution < -0.4 is 15.4 Å². The number of hydrogen-bond acceptors (Lipinski definition) is 10. The highest BCUT2D eigenvalue weighted by Crippen LogP contribution is 2.35. The molecule has 0 unspecified atom stereocenters. The van der Waals surface area contributed by atoms with E-state index in [0.29, 0.717) is 45.7 Å². The molecule has 1 aliphatic rings. The van der Waals surface area contributed by atoms with Crippen LogP contribution in [0.25, 0.3) is 11.0 Å². The first-order valence-electron chi connectivity index (χ1n) is 12.5. The lowest BCUT2D eigenvalue weighted by Crippen LogP contribution is -2.29. The number of fused-ring (bicyclic) bond motifs is 1. The van der Waals surface area contributed by atoms with Crippen molar-refractivity contribution in [3.63, 3.8) is 0 Å². The number of benzene rings is 2. The average Bonchev–Trinajstić information content (AvgIpc) is 2.92. The predicted octanol–water partition coefficient (Wildman–Crippen LogP) is 4.92. The van der Waals surface area contributed by atoms with E-state index in [2.05, 4.69) is 54.6 Å². The quantitative estimate of drug-likeness (QED) is 0.303. The number of halogens is 1. The van der Waals surface area contributed by atoms with Crippen LogP contribution in [0, 0.1) is 0 Å². The number of hydrogen-bond donors (Lipinski definition) is 2. The van der Waals surface area contributed by atoms with Crippen molar-refractivity contribution in [2.24, 2.45) is 0 Å². The summed E-state index contributed by atoms with van der Waals surface area (Å²) in [4.78, 5) is 19.9. The van der Waals surface area contributed by atoms with Crippen LogP contribution in [0.3, 0.4) is 0 Å². The Kier molecular flexibility index (Phi) is 7.83. The molecule has 1 aliphatic heterocycles. The molecule has 4 aromatic rings. The van der Waals surface area contributed by atoms with Crippen LogP contribution in [0.5, 0.6) is 5.75 Å². The lowest BCUT2D eigenvalue weighted by molar-refractivity contribution is 0.255. The number of sulfone groups is 1. The van der Waals surface area contributed by atoms with Crippen LogP contribution in [-0.4, -0.2) is 66.8 Å². The van der Waals surface area contributed by atoms with Gasteiger partial charge in [0.05, 0.1) is 35.8 Å². The summed E-state index contributed by atoms with van der Waals surface area (Å²) in [6.07, 6.45) is 7.98. The number of anilines is 4. The molecule has 0 spiro atoms. The van der Waals surface area contributed by atoms with Gasteiger partial charge in [0, 0.05) is 29.9 Å². The SMILES string of the molecule is COc1cc(C2CCN(C)CC2)ccc1Nc1ncc(Cl)c(Nc2ccc3nccnc3c2CS(C)(=O)=O)n1. The molecular formula is C27H30ClN7O3S. The lowest BCUT2D eigenvalue weighted by Gasteiger charge is -2.29. The Morgan fingerprint density at radius 3 is 2.54 bits per heavy atom. The van der Waals surface area contributed by atoms with Crippen molar-refractivity contribution in [3.8, 4) is 5.75 Å². The fraction of sp³-hybridized carbons (Fsp3) is 0.333. The second kappa shape index (κ2) is 11.3. The number of nitrogens with one attached hydrogen (secondary N) is 2. The molecule has 2 aromatic heterocycles. The minimum atomic E-state index is -3.37. The van der Waals surface area contributed by atoms with Gasteiger partial charge in [-0.25, -0.2) is 13.4 Å². The third-order valence-electron chi connectivity index (χ3n) is 6.81. The summed E-state index contributed by atoms with van der Waals surface area (Å²) in [6, 6.07) is 9.67. The van der Waals surface area contributed by atoms with E-state index < -0.39 is 9.84 Å². The van der Waals surface area contributed by atoms with Gasteiger partial charge in [0.1, 0.15) is 10.8 Å².